The lowest BCUT2D eigenvalue weighted by Gasteiger charge is -2.04. The standard InChI is InChI=1S/C22H16N2O.BrH/c1-2-6-16(7-3-1)15-25-17-10-11-21-22-19(12-13-24(21)14-17)18-8-4-5-9-20(18)23-22;/h1-14H,15H2;1H. The number of rotatable bonds is 3. The lowest BCUT2D eigenvalue weighted by molar-refractivity contribution is -0.511. The fraction of sp³-hybridized carbons (Fsp3) is 0.0455. The second-order valence-electron chi connectivity index (χ2n) is 6.21. The van der Waals surface area contributed by atoms with E-state index in [9.17, 15) is 0 Å². The number of hydrogen-bond donors (Lipinski definition) is 1. The van der Waals surface area contributed by atoms with Crippen LogP contribution in [0.4, 0.5) is 0 Å². The molecule has 0 spiro atoms. The first-order valence-corrected chi connectivity index (χ1v) is 8.40. The number of nitrogens with zero attached hydrogens (tertiary/aromatic N) is 1. The van der Waals surface area contributed by atoms with Crippen LogP contribution in [-0.2, 0) is 6.61 Å². The number of hydrogen-bond acceptors (Lipinski definition) is 1. The van der Waals surface area contributed by atoms with E-state index < -0.39 is 0 Å². The minimum absolute atomic E-state index is 0. The van der Waals surface area contributed by atoms with Gasteiger partial charge >= 0.3 is 0 Å². The lowest BCUT2D eigenvalue weighted by Crippen LogP contribution is -3.00. The molecule has 0 saturated heterocycles. The van der Waals surface area contributed by atoms with E-state index in [1.54, 1.807) is 0 Å². The molecule has 2 aromatic carbocycles. The van der Waals surface area contributed by atoms with E-state index in [2.05, 4.69) is 64.1 Å². The quantitative estimate of drug-likeness (QED) is 0.455. The highest BCUT2D eigenvalue weighted by Crippen LogP contribution is 2.27. The Labute approximate surface area is 161 Å². The molecule has 0 aliphatic heterocycles. The molecule has 0 unspecified atom stereocenters. The Morgan fingerprint density at radius 3 is 2.50 bits per heavy atom. The summed E-state index contributed by atoms with van der Waals surface area (Å²) in [5.41, 5.74) is 4.62. The van der Waals surface area contributed by atoms with Crippen molar-refractivity contribution >= 4 is 27.3 Å². The number of ether oxygens (including phenoxy) is 1. The molecule has 5 rings (SSSR count). The Bertz CT molecular complexity index is 1200. The summed E-state index contributed by atoms with van der Waals surface area (Å²) in [5, 5.41) is 2.50. The van der Waals surface area contributed by atoms with Crippen LogP contribution in [0.5, 0.6) is 5.75 Å². The van der Waals surface area contributed by atoms with E-state index in [1.165, 1.54) is 16.3 Å². The second-order valence-corrected chi connectivity index (χ2v) is 6.21. The van der Waals surface area contributed by atoms with Crippen molar-refractivity contribution < 1.29 is 26.1 Å². The molecule has 0 saturated carbocycles. The van der Waals surface area contributed by atoms with E-state index in [1.807, 2.05) is 30.5 Å². The van der Waals surface area contributed by atoms with Crippen LogP contribution in [0.2, 0.25) is 0 Å². The number of para-hydroxylation sites is 1. The summed E-state index contributed by atoms with van der Waals surface area (Å²) in [4.78, 5) is 3.54. The summed E-state index contributed by atoms with van der Waals surface area (Å²) in [6.07, 6.45) is 4.12. The van der Waals surface area contributed by atoms with Gasteiger partial charge in [-0.1, -0.05) is 48.5 Å². The number of H-pyrrole nitrogens is 1. The van der Waals surface area contributed by atoms with Crippen LogP contribution in [0.3, 0.4) is 0 Å². The van der Waals surface area contributed by atoms with Gasteiger partial charge in [-0.3, -0.25) is 0 Å². The maximum Gasteiger partial charge on any atom is 0.235 e. The smallest absolute Gasteiger partial charge is 0.235 e. The molecule has 0 bridgehead atoms. The number of fused-ring (bicyclic) bond motifs is 5. The zero-order valence-electron chi connectivity index (χ0n) is 14.0. The van der Waals surface area contributed by atoms with Crippen LogP contribution >= 0.6 is 0 Å². The van der Waals surface area contributed by atoms with Crippen LogP contribution in [-0.4, -0.2) is 4.98 Å². The fourth-order valence-corrected chi connectivity index (χ4v) is 3.35. The van der Waals surface area contributed by atoms with Gasteiger partial charge in [0.25, 0.3) is 0 Å². The van der Waals surface area contributed by atoms with Gasteiger partial charge in [-0.25, -0.2) is 0 Å². The third-order valence-electron chi connectivity index (χ3n) is 4.60. The SMILES string of the molecule is [Br-].c1ccc(COc2ccc3c4[nH]c5ccccc5c4cc[n+]3c2)cc1. The van der Waals surface area contributed by atoms with Gasteiger partial charge in [-0.2, -0.15) is 4.40 Å². The number of aromatic amines is 1. The molecule has 0 amide bonds. The van der Waals surface area contributed by atoms with Gasteiger partial charge in [0.05, 0.1) is 0 Å². The van der Waals surface area contributed by atoms with E-state index >= 15 is 0 Å². The van der Waals surface area contributed by atoms with Gasteiger partial charge in [0, 0.05) is 28.4 Å². The van der Waals surface area contributed by atoms with Crippen LogP contribution in [0.25, 0.3) is 27.3 Å². The molecule has 0 aliphatic carbocycles. The van der Waals surface area contributed by atoms with Crippen molar-refractivity contribution in [1.29, 1.82) is 0 Å². The summed E-state index contributed by atoms with van der Waals surface area (Å²) >= 11 is 0. The van der Waals surface area contributed by atoms with Crippen molar-refractivity contribution in [2.45, 2.75) is 6.61 Å². The monoisotopic (exact) mass is 404 g/mol. The van der Waals surface area contributed by atoms with Crippen molar-refractivity contribution in [2.75, 3.05) is 0 Å². The number of benzene rings is 2. The predicted octanol–water partition coefficient (Wildman–Crippen LogP) is 1.64. The van der Waals surface area contributed by atoms with E-state index in [0.29, 0.717) is 6.61 Å². The van der Waals surface area contributed by atoms with E-state index in [4.69, 9.17) is 4.74 Å². The molecule has 1 N–H and O–H groups in total. The van der Waals surface area contributed by atoms with Crippen molar-refractivity contribution in [3.8, 4) is 5.75 Å². The van der Waals surface area contributed by atoms with Gasteiger partial charge in [0.2, 0.25) is 11.7 Å². The molecule has 128 valence electrons. The normalized spacial score (nSPS) is 10.9. The highest BCUT2D eigenvalue weighted by molar-refractivity contribution is 6.10. The maximum absolute atomic E-state index is 5.94. The van der Waals surface area contributed by atoms with Crippen molar-refractivity contribution in [2.24, 2.45) is 0 Å². The third kappa shape index (κ3) is 2.82. The summed E-state index contributed by atoms with van der Waals surface area (Å²) < 4.78 is 8.05. The highest BCUT2D eigenvalue weighted by atomic mass is 79.9. The highest BCUT2D eigenvalue weighted by Gasteiger charge is 2.13. The molecule has 3 nitrogen and oxygen atoms in total. The van der Waals surface area contributed by atoms with Gasteiger partial charge in [0.1, 0.15) is 12.1 Å². The van der Waals surface area contributed by atoms with Crippen molar-refractivity contribution in [3.05, 3.63) is 90.8 Å². The Kier molecular flexibility index (Phi) is 4.35. The summed E-state index contributed by atoms with van der Waals surface area (Å²) in [7, 11) is 0. The van der Waals surface area contributed by atoms with Gasteiger partial charge in [-0.05, 0) is 17.7 Å². The minimum Gasteiger partial charge on any atom is -1.00 e. The Balaban J connectivity index is 0.00000168. The molecule has 3 aromatic heterocycles. The van der Waals surface area contributed by atoms with Gasteiger partial charge < -0.3 is 26.7 Å². The minimum atomic E-state index is 0. The van der Waals surface area contributed by atoms with Crippen LogP contribution in [0, 0.1) is 0 Å². The Morgan fingerprint density at radius 2 is 1.62 bits per heavy atom. The van der Waals surface area contributed by atoms with Crippen molar-refractivity contribution in [1.82, 2.24) is 4.98 Å². The topological polar surface area (TPSA) is 29.1 Å². The number of pyridine rings is 2. The van der Waals surface area contributed by atoms with Crippen LogP contribution in [0.1, 0.15) is 5.56 Å². The fourth-order valence-electron chi connectivity index (χ4n) is 3.35. The number of nitrogens with one attached hydrogen (secondary N) is 1. The largest absolute Gasteiger partial charge is 1.00 e. The lowest BCUT2D eigenvalue weighted by atomic mass is 10.1. The first-order valence-electron chi connectivity index (χ1n) is 8.40. The molecule has 5 aromatic rings. The molecular formula is C22H17BrN2O. The molecule has 0 fully saturated rings. The van der Waals surface area contributed by atoms with Gasteiger partial charge in [-0.15, -0.1) is 0 Å². The average molecular weight is 405 g/mol. The van der Waals surface area contributed by atoms with E-state index in [-0.39, 0.29) is 17.0 Å². The molecule has 3 heterocycles. The predicted molar refractivity (Wildman–Crippen MR) is 99.7 cm³/mol. The second kappa shape index (κ2) is 6.81. The number of aromatic nitrogens is 2. The van der Waals surface area contributed by atoms with E-state index in [0.717, 1.165) is 22.3 Å². The summed E-state index contributed by atoms with van der Waals surface area (Å²) in [6, 6.07) is 24.9. The Morgan fingerprint density at radius 1 is 0.808 bits per heavy atom. The number of halogens is 1. The molecular weight excluding hydrogens is 388 g/mol. The zero-order chi connectivity index (χ0) is 16.6. The molecule has 0 atom stereocenters. The maximum atomic E-state index is 5.94. The molecule has 4 heteroatoms. The first kappa shape index (κ1) is 16.6. The Hall–Kier alpha value is -2.85. The van der Waals surface area contributed by atoms with Gasteiger partial charge in [0.15, 0.2) is 11.9 Å². The first-order chi connectivity index (χ1) is 12.4. The van der Waals surface area contributed by atoms with Crippen LogP contribution in [0.15, 0.2) is 85.2 Å². The van der Waals surface area contributed by atoms with Crippen molar-refractivity contribution in [3.63, 3.8) is 0 Å². The molecule has 26 heavy (non-hydrogen) atoms. The molecule has 0 radical (unpaired) electrons. The summed E-state index contributed by atoms with van der Waals surface area (Å²) in [5.74, 6) is 0.858. The zero-order valence-corrected chi connectivity index (χ0v) is 15.6. The average Bonchev–Trinajstić information content (AvgIpc) is 3.06. The molecule has 0 aliphatic rings. The van der Waals surface area contributed by atoms with Crippen LogP contribution < -0.4 is 26.1 Å². The third-order valence-corrected chi connectivity index (χ3v) is 4.60. The summed E-state index contributed by atoms with van der Waals surface area (Å²) in [6.45, 7) is 0.571.